The van der Waals surface area contributed by atoms with Crippen LogP contribution in [0.25, 0.3) is 0 Å². The van der Waals surface area contributed by atoms with Gasteiger partial charge in [0.15, 0.2) is 0 Å². The average Bonchev–Trinajstić information content (AvgIpc) is 1.88. The molecule has 0 aromatic rings. The van der Waals surface area contributed by atoms with Crippen LogP contribution in [-0.2, 0) is 4.74 Å². The molecular weight excluding hydrogens is 132 g/mol. The molecule has 3 nitrogen and oxygen atoms in total. The monoisotopic (exact) mass is 140 g/mol. The van der Waals surface area contributed by atoms with Gasteiger partial charge in [-0.2, -0.15) is 0 Å². The minimum atomic E-state index is -1.23. The Morgan fingerprint density at radius 1 is 1.50 bits per heavy atom. The summed E-state index contributed by atoms with van der Waals surface area (Å²) in [7, 11) is 0. The third kappa shape index (κ3) is 1.93. The van der Waals surface area contributed by atoms with Crippen molar-refractivity contribution in [2.45, 2.75) is 12.5 Å². The van der Waals surface area contributed by atoms with Crippen LogP contribution in [0, 0.1) is 0 Å². The quantitative estimate of drug-likeness (QED) is 0.444. The first-order valence-electron chi connectivity index (χ1n) is 3.02. The number of ether oxygens (including phenoxy) is 1. The third-order valence-corrected chi connectivity index (χ3v) is 1.16. The summed E-state index contributed by atoms with van der Waals surface area (Å²) < 4.78 is 4.43. The van der Waals surface area contributed by atoms with Crippen LogP contribution in [0.15, 0.2) is 24.3 Å². The van der Waals surface area contributed by atoms with Crippen LogP contribution in [0.2, 0.25) is 0 Å². The van der Waals surface area contributed by atoms with E-state index in [0.29, 0.717) is 0 Å². The van der Waals surface area contributed by atoms with Crippen molar-refractivity contribution in [2.75, 3.05) is 0 Å². The van der Waals surface area contributed by atoms with E-state index in [-0.39, 0.29) is 6.10 Å². The van der Waals surface area contributed by atoms with Crippen molar-refractivity contribution in [3.63, 3.8) is 0 Å². The van der Waals surface area contributed by atoms with E-state index in [2.05, 4.69) is 4.74 Å². The van der Waals surface area contributed by atoms with Gasteiger partial charge in [-0.15, -0.1) is 0 Å². The summed E-state index contributed by atoms with van der Waals surface area (Å²) in [4.78, 5) is 9.98. The van der Waals surface area contributed by atoms with Crippen molar-refractivity contribution in [3.8, 4) is 0 Å². The lowest BCUT2D eigenvalue weighted by Crippen LogP contribution is -2.12. The van der Waals surface area contributed by atoms with Crippen LogP contribution in [0.5, 0.6) is 0 Å². The first-order chi connectivity index (χ1) is 4.79. The summed E-state index contributed by atoms with van der Waals surface area (Å²) in [6, 6.07) is 0. The molecule has 0 heterocycles. The van der Waals surface area contributed by atoms with Crippen molar-refractivity contribution >= 4 is 6.16 Å². The molecule has 1 rings (SSSR count). The molecule has 0 atom stereocenters. The van der Waals surface area contributed by atoms with Gasteiger partial charge >= 0.3 is 6.16 Å². The summed E-state index contributed by atoms with van der Waals surface area (Å²) in [5, 5.41) is 8.18. The summed E-state index contributed by atoms with van der Waals surface area (Å²) in [6.45, 7) is 0. The summed E-state index contributed by atoms with van der Waals surface area (Å²) in [5.41, 5.74) is 0. The van der Waals surface area contributed by atoms with E-state index in [1.54, 1.807) is 12.2 Å². The van der Waals surface area contributed by atoms with Crippen LogP contribution in [0.4, 0.5) is 4.79 Å². The second-order valence-electron chi connectivity index (χ2n) is 1.94. The maximum absolute atomic E-state index is 9.98. The van der Waals surface area contributed by atoms with E-state index < -0.39 is 6.16 Å². The molecule has 10 heavy (non-hydrogen) atoms. The van der Waals surface area contributed by atoms with E-state index in [4.69, 9.17) is 5.11 Å². The van der Waals surface area contributed by atoms with Gasteiger partial charge < -0.3 is 9.84 Å². The van der Waals surface area contributed by atoms with Gasteiger partial charge in [-0.05, 0) is 18.6 Å². The molecule has 3 heteroatoms. The number of hydrogen-bond acceptors (Lipinski definition) is 2. The molecular formula is C7H8O3. The molecule has 0 saturated carbocycles. The van der Waals surface area contributed by atoms with Crippen LogP contribution >= 0.6 is 0 Å². The zero-order chi connectivity index (χ0) is 7.40. The first kappa shape index (κ1) is 6.86. The lowest BCUT2D eigenvalue weighted by atomic mass is 10.2. The molecule has 0 amide bonds. The Hall–Kier alpha value is -1.25. The Morgan fingerprint density at radius 3 is 2.60 bits per heavy atom. The lowest BCUT2D eigenvalue weighted by Gasteiger charge is -2.08. The highest BCUT2D eigenvalue weighted by atomic mass is 16.7. The van der Waals surface area contributed by atoms with E-state index in [0.717, 1.165) is 6.42 Å². The van der Waals surface area contributed by atoms with Crippen LogP contribution in [-0.4, -0.2) is 17.4 Å². The number of rotatable bonds is 1. The fourth-order valence-corrected chi connectivity index (χ4v) is 0.763. The topological polar surface area (TPSA) is 46.5 Å². The van der Waals surface area contributed by atoms with Crippen molar-refractivity contribution in [3.05, 3.63) is 24.3 Å². The van der Waals surface area contributed by atoms with Crippen molar-refractivity contribution in [2.24, 2.45) is 0 Å². The normalized spacial score (nSPS) is 17.2. The van der Waals surface area contributed by atoms with Gasteiger partial charge in [-0.25, -0.2) is 4.79 Å². The predicted molar refractivity (Wildman–Crippen MR) is 35.8 cm³/mol. The van der Waals surface area contributed by atoms with Crippen molar-refractivity contribution in [1.29, 1.82) is 0 Å². The molecule has 0 saturated heterocycles. The van der Waals surface area contributed by atoms with Crippen LogP contribution in [0.1, 0.15) is 6.42 Å². The molecule has 0 fully saturated rings. The number of hydrogen-bond donors (Lipinski definition) is 1. The highest BCUT2D eigenvalue weighted by Crippen LogP contribution is 2.04. The maximum Gasteiger partial charge on any atom is 0.506 e. The zero-order valence-corrected chi connectivity index (χ0v) is 5.36. The fraction of sp³-hybridized carbons (Fsp3) is 0.286. The Bertz CT molecular complexity index is 169. The molecule has 54 valence electrons. The second kappa shape index (κ2) is 3.06. The lowest BCUT2D eigenvalue weighted by molar-refractivity contribution is 0.0828. The Kier molecular flexibility index (Phi) is 2.10. The molecule has 1 N–H and O–H groups in total. The zero-order valence-electron chi connectivity index (χ0n) is 5.36. The molecule has 0 aromatic carbocycles. The third-order valence-electron chi connectivity index (χ3n) is 1.16. The molecule has 0 aromatic heterocycles. The Morgan fingerprint density at radius 2 is 2.10 bits per heavy atom. The molecule has 1 aliphatic carbocycles. The van der Waals surface area contributed by atoms with Gasteiger partial charge in [0.25, 0.3) is 0 Å². The average molecular weight is 140 g/mol. The number of carboxylic acid groups (broad SMARTS) is 1. The van der Waals surface area contributed by atoms with E-state index in [1.807, 2.05) is 12.2 Å². The van der Waals surface area contributed by atoms with Gasteiger partial charge in [0.05, 0.1) is 0 Å². The summed E-state index contributed by atoms with van der Waals surface area (Å²) in [5.74, 6) is 0. The molecule has 1 aliphatic rings. The standard InChI is InChI=1S/C7H8O3/c8-7(9)10-6-4-2-1-3-5-6/h2-6H,1H2,(H,8,9). The number of carbonyl (C=O) groups is 1. The molecule has 0 aliphatic heterocycles. The fourth-order valence-electron chi connectivity index (χ4n) is 0.763. The minimum Gasteiger partial charge on any atom is -0.450 e. The highest BCUT2D eigenvalue weighted by molar-refractivity contribution is 5.57. The first-order valence-corrected chi connectivity index (χ1v) is 3.02. The minimum absolute atomic E-state index is 0.383. The summed E-state index contributed by atoms with van der Waals surface area (Å²) >= 11 is 0. The van der Waals surface area contributed by atoms with Gasteiger partial charge in [-0.1, -0.05) is 12.2 Å². The van der Waals surface area contributed by atoms with E-state index in [1.165, 1.54) is 0 Å². The van der Waals surface area contributed by atoms with Gasteiger partial charge in [-0.3, -0.25) is 0 Å². The van der Waals surface area contributed by atoms with Crippen molar-refractivity contribution in [1.82, 2.24) is 0 Å². The largest absolute Gasteiger partial charge is 0.506 e. The number of allylic oxidation sites excluding steroid dienone is 2. The highest BCUT2D eigenvalue weighted by Gasteiger charge is 2.06. The van der Waals surface area contributed by atoms with Gasteiger partial charge in [0, 0.05) is 0 Å². The summed E-state index contributed by atoms with van der Waals surface area (Å²) in [6.07, 6.45) is 6.41. The Balaban J connectivity index is 2.40. The molecule has 0 spiro atoms. The predicted octanol–water partition coefficient (Wildman–Crippen LogP) is 1.57. The van der Waals surface area contributed by atoms with E-state index >= 15 is 0 Å². The molecule has 0 unspecified atom stereocenters. The molecule has 0 bridgehead atoms. The Labute approximate surface area is 58.6 Å². The van der Waals surface area contributed by atoms with Gasteiger partial charge in [0.1, 0.15) is 6.10 Å². The second-order valence-corrected chi connectivity index (χ2v) is 1.94. The molecule has 0 radical (unpaired) electrons. The van der Waals surface area contributed by atoms with E-state index in [9.17, 15) is 4.79 Å². The maximum atomic E-state index is 9.98. The smallest absolute Gasteiger partial charge is 0.450 e. The van der Waals surface area contributed by atoms with Crippen LogP contribution < -0.4 is 0 Å². The van der Waals surface area contributed by atoms with Crippen molar-refractivity contribution < 1.29 is 14.6 Å². The van der Waals surface area contributed by atoms with Gasteiger partial charge in [0.2, 0.25) is 0 Å². The van der Waals surface area contributed by atoms with Crippen LogP contribution in [0.3, 0.4) is 0 Å². The SMILES string of the molecule is O=C(O)OC1C=CCC=C1.